The highest BCUT2D eigenvalue weighted by molar-refractivity contribution is 5.96. The molecule has 0 amide bonds. The van der Waals surface area contributed by atoms with E-state index >= 15 is 0 Å². The second-order valence-electron chi connectivity index (χ2n) is 9.05. The molecule has 6 nitrogen and oxygen atoms in total. The molecule has 0 unspecified atom stereocenters. The summed E-state index contributed by atoms with van der Waals surface area (Å²) >= 11 is 0. The second kappa shape index (κ2) is 7.86. The van der Waals surface area contributed by atoms with E-state index in [1.165, 1.54) is 10.6 Å². The second-order valence-corrected chi connectivity index (χ2v) is 9.05. The number of ketones is 1. The van der Waals surface area contributed by atoms with Gasteiger partial charge in [-0.3, -0.25) is 14.2 Å². The van der Waals surface area contributed by atoms with Gasteiger partial charge in [-0.15, -0.1) is 0 Å². The van der Waals surface area contributed by atoms with Crippen LogP contribution in [-0.2, 0) is 23.1 Å². The molecule has 7 heteroatoms. The standard InChI is InChI=1S/C24H29FN2O4/c1-4-23-9-11-24(31-3,12-10-23)14-27-21(30)20(29)19(26-22(23)27)18(28)8-6-16-5-7-17(25)15(2)13-16/h5,7,13,29H,4,6,8-12,14H2,1-3H3. The summed E-state index contributed by atoms with van der Waals surface area (Å²) in [6.45, 7) is 4.09. The third-order valence-corrected chi connectivity index (χ3v) is 7.42. The summed E-state index contributed by atoms with van der Waals surface area (Å²) in [6.07, 6.45) is 4.55. The Kier molecular flexibility index (Phi) is 5.50. The number of hydrogen-bond acceptors (Lipinski definition) is 5. The minimum atomic E-state index is -0.595. The molecule has 166 valence electrons. The van der Waals surface area contributed by atoms with Crippen LogP contribution < -0.4 is 5.56 Å². The number of ether oxygens (including phenoxy) is 1. The van der Waals surface area contributed by atoms with Gasteiger partial charge >= 0.3 is 0 Å². The van der Waals surface area contributed by atoms with Crippen molar-refractivity contribution in [3.8, 4) is 5.75 Å². The fourth-order valence-electron chi connectivity index (χ4n) is 5.16. The highest BCUT2D eigenvalue weighted by Gasteiger charge is 2.50. The third-order valence-electron chi connectivity index (χ3n) is 7.42. The van der Waals surface area contributed by atoms with Crippen LogP contribution in [0.4, 0.5) is 4.39 Å². The first-order valence-electron chi connectivity index (χ1n) is 10.9. The molecule has 3 heterocycles. The Labute approximate surface area is 181 Å². The molecule has 2 aromatic rings. The molecule has 1 fully saturated rings. The number of aromatic nitrogens is 2. The van der Waals surface area contributed by atoms with Gasteiger partial charge in [0, 0.05) is 18.9 Å². The molecule has 0 atom stereocenters. The fraction of sp³-hybridized carbons (Fsp3) is 0.542. The highest BCUT2D eigenvalue weighted by Crippen LogP contribution is 2.49. The molecule has 1 N–H and O–H groups in total. The van der Waals surface area contributed by atoms with Crippen molar-refractivity contribution in [1.82, 2.24) is 9.55 Å². The quantitative estimate of drug-likeness (QED) is 0.707. The minimum Gasteiger partial charge on any atom is -0.501 e. The van der Waals surface area contributed by atoms with Crippen molar-refractivity contribution in [3.05, 3.63) is 57.0 Å². The van der Waals surface area contributed by atoms with Crippen molar-refractivity contribution >= 4 is 5.78 Å². The summed E-state index contributed by atoms with van der Waals surface area (Å²) in [6, 6.07) is 4.73. The Morgan fingerprint density at radius 2 is 2.00 bits per heavy atom. The van der Waals surface area contributed by atoms with Gasteiger partial charge in [0.2, 0.25) is 5.75 Å². The number of hydrogen-bond donors (Lipinski definition) is 1. The Bertz CT molecular complexity index is 1080. The van der Waals surface area contributed by atoms with Crippen LogP contribution >= 0.6 is 0 Å². The number of benzene rings is 1. The lowest BCUT2D eigenvalue weighted by Gasteiger charge is -2.40. The molecule has 1 aliphatic carbocycles. The number of nitrogens with zero attached hydrogens (tertiary/aromatic N) is 2. The Morgan fingerprint density at radius 1 is 1.29 bits per heavy atom. The molecule has 31 heavy (non-hydrogen) atoms. The van der Waals surface area contributed by atoms with Crippen molar-refractivity contribution in [2.75, 3.05) is 7.11 Å². The van der Waals surface area contributed by atoms with Crippen LogP contribution in [0.3, 0.4) is 0 Å². The monoisotopic (exact) mass is 428 g/mol. The molecule has 0 radical (unpaired) electrons. The first-order valence-corrected chi connectivity index (χ1v) is 10.9. The Morgan fingerprint density at radius 3 is 2.61 bits per heavy atom. The summed E-state index contributed by atoms with van der Waals surface area (Å²) in [4.78, 5) is 30.7. The van der Waals surface area contributed by atoms with Crippen molar-refractivity contribution in [2.45, 2.75) is 76.4 Å². The van der Waals surface area contributed by atoms with Crippen LogP contribution in [0, 0.1) is 12.7 Å². The zero-order chi connectivity index (χ0) is 22.4. The van der Waals surface area contributed by atoms with Gasteiger partial charge in [-0.2, -0.15) is 0 Å². The summed E-state index contributed by atoms with van der Waals surface area (Å²) in [7, 11) is 1.66. The lowest BCUT2D eigenvalue weighted by Crippen LogP contribution is -2.41. The predicted molar refractivity (Wildman–Crippen MR) is 114 cm³/mol. The summed E-state index contributed by atoms with van der Waals surface area (Å²) in [5.41, 5.74) is -0.123. The SMILES string of the molecule is CCC12CCC(OC)(CC1)Cn1c2nc(C(=O)CCc2ccc(F)c(C)c2)c(O)c1=O. The molecule has 0 saturated heterocycles. The smallest absolute Gasteiger partial charge is 0.296 e. The number of aromatic hydroxyl groups is 1. The fourth-order valence-corrected chi connectivity index (χ4v) is 5.16. The zero-order valence-corrected chi connectivity index (χ0v) is 18.3. The van der Waals surface area contributed by atoms with Gasteiger partial charge in [-0.1, -0.05) is 19.1 Å². The van der Waals surface area contributed by atoms with Gasteiger partial charge < -0.3 is 9.84 Å². The largest absolute Gasteiger partial charge is 0.501 e. The maximum atomic E-state index is 13.5. The molecule has 0 spiro atoms. The van der Waals surface area contributed by atoms with Gasteiger partial charge in [-0.05, 0) is 62.6 Å². The van der Waals surface area contributed by atoms with Gasteiger partial charge in [0.15, 0.2) is 11.5 Å². The summed E-state index contributed by atoms with van der Waals surface area (Å²) in [5.74, 6) is -0.675. The molecule has 1 aromatic carbocycles. The minimum absolute atomic E-state index is 0.0790. The van der Waals surface area contributed by atoms with E-state index in [-0.39, 0.29) is 29.1 Å². The number of fused-ring (bicyclic) bond motifs is 2. The first-order chi connectivity index (χ1) is 14.7. The lowest BCUT2D eigenvalue weighted by molar-refractivity contribution is -0.0562. The van der Waals surface area contributed by atoms with E-state index in [9.17, 15) is 19.1 Å². The van der Waals surface area contributed by atoms with Crippen molar-refractivity contribution in [3.63, 3.8) is 0 Å². The highest BCUT2D eigenvalue weighted by atomic mass is 19.1. The predicted octanol–water partition coefficient (Wildman–Crippen LogP) is 3.83. The van der Waals surface area contributed by atoms with Crippen molar-refractivity contribution in [1.29, 1.82) is 0 Å². The van der Waals surface area contributed by atoms with Crippen LogP contribution in [0.2, 0.25) is 0 Å². The van der Waals surface area contributed by atoms with E-state index in [4.69, 9.17) is 4.74 Å². The summed E-state index contributed by atoms with van der Waals surface area (Å²) in [5, 5.41) is 10.6. The molecule has 1 aromatic heterocycles. The first kappa shape index (κ1) is 21.7. The van der Waals surface area contributed by atoms with Crippen LogP contribution in [0.1, 0.15) is 72.9 Å². The topological polar surface area (TPSA) is 81.4 Å². The summed E-state index contributed by atoms with van der Waals surface area (Å²) < 4.78 is 20.8. The van der Waals surface area contributed by atoms with E-state index in [2.05, 4.69) is 11.9 Å². The van der Waals surface area contributed by atoms with Gasteiger partial charge in [-0.25, -0.2) is 9.37 Å². The zero-order valence-electron chi connectivity index (χ0n) is 18.3. The maximum absolute atomic E-state index is 13.5. The number of methoxy groups -OCH3 is 1. The van der Waals surface area contributed by atoms with Crippen molar-refractivity contribution < 1.29 is 19.0 Å². The van der Waals surface area contributed by atoms with Gasteiger partial charge in [0.05, 0.1) is 12.1 Å². The molecular weight excluding hydrogens is 399 g/mol. The van der Waals surface area contributed by atoms with E-state index in [0.717, 1.165) is 37.7 Å². The molecule has 1 saturated carbocycles. The maximum Gasteiger partial charge on any atom is 0.296 e. The van der Waals surface area contributed by atoms with E-state index in [1.54, 1.807) is 26.2 Å². The third kappa shape index (κ3) is 3.59. The number of carbonyl (C=O) groups excluding carboxylic acids is 1. The lowest BCUT2D eigenvalue weighted by atomic mass is 9.68. The Balaban J connectivity index is 1.70. The Hall–Kier alpha value is -2.54. The number of carbonyl (C=O) groups is 1. The molecule has 2 bridgehead atoms. The van der Waals surface area contributed by atoms with Crippen LogP contribution in [0.15, 0.2) is 23.0 Å². The van der Waals surface area contributed by atoms with Crippen LogP contribution in [0.5, 0.6) is 5.75 Å². The molecular formula is C24H29FN2O4. The van der Waals surface area contributed by atoms with Crippen LogP contribution in [0.25, 0.3) is 0 Å². The molecule has 3 aliphatic rings. The molecule has 5 rings (SSSR count). The van der Waals surface area contributed by atoms with Gasteiger partial charge in [0.25, 0.3) is 5.56 Å². The average Bonchev–Trinajstić information content (AvgIpc) is 3.01. The number of aryl methyl sites for hydroxylation is 2. The van der Waals surface area contributed by atoms with Crippen molar-refractivity contribution in [2.24, 2.45) is 0 Å². The number of halogens is 1. The van der Waals surface area contributed by atoms with Gasteiger partial charge in [0.1, 0.15) is 11.6 Å². The van der Waals surface area contributed by atoms with E-state index < -0.39 is 16.9 Å². The van der Waals surface area contributed by atoms with E-state index in [0.29, 0.717) is 24.4 Å². The average molecular weight is 429 g/mol. The normalized spacial score (nSPS) is 24.6. The number of rotatable bonds is 6. The van der Waals surface area contributed by atoms with Crippen LogP contribution in [-0.4, -0.2) is 33.2 Å². The number of Topliss-reactive ketones (excluding diaryl/α,β-unsaturated/α-hetero) is 1. The molecule has 2 aliphatic heterocycles. The van der Waals surface area contributed by atoms with E-state index in [1.807, 2.05) is 0 Å².